The third-order valence-electron chi connectivity index (χ3n) is 2.98. The summed E-state index contributed by atoms with van der Waals surface area (Å²) < 4.78 is 0. The lowest BCUT2D eigenvalue weighted by Gasteiger charge is -2.08. The molecule has 19 heavy (non-hydrogen) atoms. The van der Waals surface area contributed by atoms with Crippen LogP contribution in [0.1, 0.15) is 34.8 Å². The molecule has 2 rings (SSSR count). The highest BCUT2D eigenvalue weighted by Crippen LogP contribution is 2.22. The topological polar surface area (TPSA) is 57.5 Å². The van der Waals surface area contributed by atoms with E-state index in [2.05, 4.69) is 0 Å². The summed E-state index contributed by atoms with van der Waals surface area (Å²) in [7, 11) is 0. The van der Waals surface area contributed by atoms with Crippen molar-refractivity contribution >= 4 is 5.78 Å². The quantitative estimate of drug-likeness (QED) is 0.825. The number of aryl methyl sites for hydroxylation is 1. The largest absolute Gasteiger partial charge is 0.508 e. The fourth-order valence-electron chi connectivity index (χ4n) is 2.05. The molecule has 0 aliphatic rings. The van der Waals surface area contributed by atoms with Crippen LogP contribution in [0.5, 0.6) is 11.5 Å². The summed E-state index contributed by atoms with van der Waals surface area (Å²) in [6.07, 6.45) is 1.65. The number of hydrogen-bond donors (Lipinski definition) is 2. The van der Waals surface area contributed by atoms with Gasteiger partial charge in [-0.2, -0.15) is 0 Å². The van der Waals surface area contributed by atoms with E-state index >= 15 is 0 Å². The molecule has 0 bridgehead atoms. The predicted octanol–water partition coefficient (Wildman–Crippen LogP) is 3.28. The molecular formula is C16H16O3. The Labute approximate surface area is 112 Å². The first-order valence-corrected chi connectivity index (χ1v) is 6.27. The third kappa shape index (κ3) is 2.94. The van der Waals surface area contributed by atoms with Crippen LogP contribution in [0.15, 0.2) is 42.5 Å². The van der Waals surface area contributed by atoms with Crippen LogP contribution < -0.4 is 0 Å². The van der Waals surface area contributed by atoms with Gasteiger partial charge in [0.25, 0.3) is 0 Å². The Balaban J connectivity index is 2.40. The number of ketones is 1. The van der Waals surface area contributed by atoms with Gasteiger partial charge in [-0.05, 0) is 54.4 Å². The lowest BCUT2D eigenvalue weighted by atomic mass is 9.95. The molecule has 3 nitrogen and oxygen atoms in total. The second-order valence-electron chi connectivity index (χ2n) is 4.47. The zero-order valence-corrected chi connectivity index (χ0v) is 10.8. The second kappa shape index (κ2) is 5.57. The molecule has 0 aliphatic heterocycles. The molecule has 0 amide bonds. The number of phenols is 2. The minimum atomic E-state index is -0.0940. The Hall–Kier alpha value is -2.29. The second-order valence-corrected chi connectivity index (χ2v) is 4.47. The molecule has 0 spiro atoms. The van der Waals surface area contributed by atoms with Crippen LogP contribution in [0.4, 0.5) is 0 Å². The van der Waals surface area contributed by atoms with Crippen molar-refractivity contribution in [2.75, 3.05) is 0 Å². The fraction of sp³-hybridized carbons (Fsp3) is 0.188. The molecule has 2 N–H and O–H groups in total. The molecule has 0 atom stereocenters. The minimum Gasteiger partial charge on any atom is -0.508 e. The lowest BCUT2D eigenvalue weighted by molar-refractivity contribution is 0.103. The predicted molar refractivity (Wildman–Crippen MR) is 73.6 cm³/mol. The van der Waals surface area contributed by atoms with E-state index in [9.17, 15) is 15.0 Å². The van der Waals surface area contributed by atoms with Crippen molar-refractivity contribution in [3.8, 4) is 11.5 Å². The van der Waals surface area contributed by atoms with Gasteiger partial charge in [-0.3, -0.25) is 4.79 Å². The van der Waals surface area contributed by atoms with E-state index < -0.39 is 0 Å². The lowest BCUT2D eigenvalue weighted by Crippen LogP contribution is -2.05. The zero-order chi connectivity index (χ0) is 13.8. The van der Waals surface area contributed by atoms with Crippen LogP contribution in [0.2, 0.25) is 0 Å². The maximum atomic E-state index is 12.4. The smallest absolute Gasteiger partial charge is 0.193 e. The number of carbonyl (C=O) groups is 1. The molecule has 3 heteroatoms. The van der Waals surface area contributed by atoms with Crippen molar-refractivity contribution in [3.05, 3.63) is 59.2 Å². The molecule has 0 radical (unpaired) electrons. The van der Waals surface area contributed by atoms with Crippen molar-refractivity contribution in [1.29, 1.82) is 0 Å². The zero-order valence-electron chi connectivity index (χ0n) is 10.8. The van der Waals surface area contributed by atoms with Gasteiger partial charge in [0.15, 0.2) is 5.78 Å². The Kier molecular flexibility index (Phi) is 3.85. The van der Waals surface area contributed by atoms with E-state index in [1.165, 1.54) is 18.2 Å². The van der Waals surface area contributed by atoms with Gasteiger partial charge in [-0.25, -0.2) is 0 Å². The van der Waals surface area contributed by atoms with Gasteiger partial charge in [0.05, 0.1) is 0 Å². The van der Waals surface area contributed by atoms with Gasteiger partial charge in [-0.1, -0.05) is 13.3 Å². The van der Waals surface area contributed by atoms with Crippen LogP contribution in [0.3, 0.4) is 0 Å². The molecule has 0 saturated carbocycles. The summed E-state index contributed by atoms with van der Waals surface area (Å²) in [6.45, 7) is 2.03. The highest BCUT2D eigenvalue weighted by atomic mass is 16.3. The first kappa shape index (κ1) is 13.1. The average molecular weight is 256 g/mol. The molecule has 98 valence electrons. The van der Waals surface area contributed by atoms with Crippen molar-refractivity contribution in [3.63, 3.8) is 0 Å². The number of hydrogen-bond acceptors (Lipinski definition) is 3. The molecule has 0 aromatic heterocycles. The molecule has 0 fully saturated rings. The molecule has 0 saturated heterocycles. The van der Waals surface area contributed by atoms with Crippen LogP contribution in [-0.2, 0) is 6.42 Å². The molecule has 0 heterocycles. The van der Waals surface area contributed by atoms with Crippen molar-refractivity contribution < 1.29 is 15.0 Å². The molecule has 2 aromatic rings. The normalized spacial score (nSPS) is 10.4. The Morgan fingerprint density at radius 1 is 1.00 bits per heavy atom. The van der Waals surface area contributed by atoms with Crippen molar-refractivity contribution in [2.24, 2.45) is 0 Å². The van der Waals surface area contributed by atoms with Gasteiger partial charge < -0.3 is 10.2 Å². The molecule has 0 unspecified atom stereocenters. The van der Waals surface area contributed by atoms with Crippen LogP contribution in [0, 0.1) is 0 Å². The first-order valence-electron chi connectivity index (χ1n) is 6.27. The number of benzene rings is 2. The van der Waals surface area contributed by atoms with Gasteiger partial charge in [0.1, 0.15) is 11.5 Å². The average Bonchev–Trinajstić information content (AvgIpc) is 2.39. The summed E-state index contributed by atoms with van der Waals surface area (Å²) >= 11 is 0. The minimum absolute atomic E-state index is 0.0940. The number of phenolic OH excluding ortho intramolecular Hbond substituents is 2. The molecule has 0 aliphatic carbocycles. The van der Waals surface area contributed by atoms with Crippen LogP contribution in [-0.4, -0.2) is 16.0 Å². The van der Waals surface area contributed by atoms with E-state index in [0.717, 1.165) is 18.4 Å². The summed E-state index contributed by atoms with van der Waals surface area (Å²) in [6, 6.07) is 11.0. The number of aromatic hydroxyl groups is 2. The van der Waals surface area contributed by atoms with Gasteiger partial charge >= 0.3 is 0 Å². The third-order valence-corrected chi connectivity index (χ3v) is 2.98. The van der Waals surface area contributed by atoms with E-state index in [0.29, 0.717) is 11.1 Å². The van der Waals surface area contributed by atoms with Crippen molar-refractivity contribution in [1.82, 2.24) is 0 Å². The van der Waals surface area contributed by atoms with E-state index in [1.807, 2.05) is 6.92 Å². The Morgan fingerprint density at radius 3 is 2.26 bits per heavy atom. The van der Waals surface area contributed by atoms with Crippen LogP contribution in [0.25, 0.3) is 0 Å². The number of carbonyl (C=O) groups excluding carboxylic acids is 1. The monoisotopic (exact) mass is 256 g/mol. The SMILES string of the molecule is CCCc1cc(O)ccc1C(=O)c1ccc(O)cc1. The summed E-state index contributed by atoms with van der Waals surface area (Å²) in [5.41, 5.74) is 1.98. The summed E-state index contributed by atoms with van der Waals surface area (Å²) in [5.74, 6) is 0.213. The highest BCUT2D eigenvalue weighted by Gasteiger charge is 2.13. The Morgan fingerprint density at radius 2 is 1.63 bits per heavy atom. The van der Waals surface area contributed by atoms with E-state index in [-0.39, 0.29) is 17.3 Å². The standard InChI is InChI=1S/C16H16O3/c1-2-3-12-10-14(18)8-9-15(12)16(19)11-4-6-13(17)7-5-11/h4-10,17-18H,2-3H2,1H3. The Bertz CT molecular complexity index is 585. The molecule has 2 aromatic carbocycles. The van der Waals surface area contributed by atoms with Gasteiger partial charge in [-0.15, -0.1) is 0 Å². The van der Waals surface area contributed by atoms with Crippen LogP contribution >= 0.6 is 0 Å². The van der Waals surface area contributed by atoms with Crippen molar-refractivity contribution in [2.45, 2.75) is 19.8 Å². The summed E-state index contributed by atoms with van der Waals surface area (Å²) in [5, 5.41) is 18.7. The maximum Gasteiger partial charge on any atom is 0.193 e. The molecular weight excluding hydrogens is 240 g/mol. The maximum absolute atomic E-state index is 12.4. The van der Waals surface area contributed by atoms with Gasteiger partial charge in [0.2, 0.25) is 0 Å². The number of rotatable bonds is 4. The van der Waals surface area contributed by atoms with E-state index in [4.69, 9.17) is 0 Å². The van der Waals surface area contributed by atoms with E-state index in [1.54, 1.807) is 24.3 Å². The highest BCUT2D eigenvalue weighted by molar-refractivity contribution is 6.10. The summed E-state index contributed by atoms with van der Waals surface area (Å²) in [4.78, 5) is 12.4. The van der Waals surface area contributed by atoms with Gasteiger partial charge in [0, 0.05) is 11.1 Å². The fourth-order valence-corrected chi connectivity index (χ4v) is 2.05. The first-order chi connectivity index (χ1) is 9.11.